The molecule has 0 N–H and O–H groups in total. The van der Waals surface area contributed by atoms with Crippen LogP contribution in [0, 0.1) is 5.92 Å². The molecule has 0 spiro atoms. The van der Waals surface area contributed by atoms with Gasteiger partial charge in [-0.15, -0.1) is 0 Å². The van der Waals surface area contributed by atoms with E-state index in [1.54, 1.807) is 34.6 Å². The fourth-order valence-corrected chi connectivity index (χ4v) is 2.05. The van der Waals surface area contributed by atoms with E-state index in [1.807, 2.05) is 0 Å². The topological polar surface area (TPSA) is 52.6 Å². The number of rotatable bonds is 2. The summed E-state index contributed by atoms with van der Waals surface area (Å²) in [4.78, 5) is 23.6. The number of hydrogen-bond donors (Lipinski definition) is 0. The lowest BCUT2D eigenvalue weighted by Crippen LogP contribution is -2.38. The minimum atomic E-state index is -0.902. The summed E-state index contributed by atoms with van der Waals surface area (Å²) >= 11 is 0. The summed E-state index contributed by atoms with van der Waals surface area (Å²) in [6.07, 6.45) is 0. The van der Waals surface area contributed by atoms with Gasteiger partial charge in [0.1, 0.15) is 11.5 Å². The van der Waals surface area contributed by atoms with Gasteiger partial charge in [0, 0.05) is 0 Å². The first kappa shape index (κ1) is 12.2. The van der Waals surface area contributed by atoms with Crippen LogP contribution in [0.25, 0.3) is 0 Å². The minimum absolute atomic E-state index is 0.203. The molecule has 0 aromatic heterocycles. The van der Waals surface area contributed by atoms with Crippen LogP contribution in [0.15, 0.2) is 0 Å². The van der Waals surface area contributed by atoms with Gasteiger partial charge in [-0.25, -0.2) is 0 Å². The smallest absolute Gasteiger partial charge is 0.319 e. The predicted molar refractivity (Wildman–Crippen MR) is 54.4 cm³/mol. The van der Waals surface area contributed by atoms with E-state index in [0.717, 1.165) is 0 Å². The molecule has 0 amide bonds. The van der Waals surface area contributed by atoms with Crippen molar-refractivity contribution >= 4 is 11.8 Å². The SMILES string of the molecule is CCOC(=O)C1C(=O)C(C)(C)OC1(C)C. The van der Waals surface area contributed by atoms with Crippen molar-refractivity contribution in [1.29, 1.82) is 0 Å². The third-order valence-electron chi connectivity index (χ3n) is 2.59. The number of ether oxygens (including phenoxy) is 2. The highest BCUT2D eigenvalue weighted by Gasteiger charge is 2.57. The van der Waals surface area contributed by atoms with Crippen molar-refractivity contribution in [3.63, 3.8) is 0 Å². The monoisotopic (exact) mass is 214 g/mol. The van der Waals surface area contributed by atoms with Gasteiger partial charge in [0.2, 0.25) is 0 Å². The van der Waals surface area contributed by atoms with Gasteiger partial charge < -0.3 is 9.47 Å². The van der Waals surface area contributed by atoms with Gasteiger partial charge in [-0.2, -0.15) is 0 Å². The van der Waals surface area contributed by atoms with Gasteiger partial charge in [0.15, 0.2) is 5.78 Å². The van der Waals surface area contributed by atoms with Gasteiger partial charge in [-0.1, -0.05) is 0 Å². The summed E-state index contributed by atoms with van der Waals surface area (Å²) in [5, 5.41) is 0. The first-order valence-electron chi connectivity index (χ1n) is 5.13. The van der Waals surface area contributed by atoms with Crippen molar-refractivity contribution in [1.82, 2.24) is 0 Å². The molecule has 86 valence electrons. The highest BCUT2D eigenvalue weighted by atomic mass is 16.6. The Morgan fingerprint density at radius 1 is 1.40 bits per heavy atom. The highest BCUT2D eigenvalue weighted by molar-refractivity contribution is 6.05. The normalized spacial score (nSPS) is 27.8. The molecule has 0 aromatic carbocycles. The minimum Gasteiger partial charge on any atom is -0.465 e. The van der Waals surface area contributed by atoms with Gasteiger partial charge in [0.25, 0.3) is 0 Å². The maximum absolute atomic E-state index is 11.9. The van der Waals surface area contributed by atoms with Crippen LogP contribution in [0.5, 0.6) is 0 Å². The second-order valence-corrected chi connectivity index (χ2v) is 4.77. The van der Waals surface area contributed by atoms with E-state index in [9.17, 15) is 9.59 Å². The zero-order chi connectivity index (χ0) is 11.9. The Morgan fingerprint density at radius 3 is 2.27 bits per heavy atom. The van der Waals surface area contributed by atoms with E-state index in [1.165, 1.54) is 0 Å². The summed E-state index contributed by atoms with van der Waals surface area (Å²) in [6, 6.07) is 0. The molecule has 1 aliphatic rings. The van der Waals surface area contributed by atoms with E-state index in [0.29, 0.717) is 0 Å². The van der Waals surface area contributed by atoms with Crippen molar-refractivity contribution in [3.8, 4) is 0 Å². The van der Waals surface area contributed by atoms with Gasteiger partial charge in [-0.05, 0) is 34.6 Å². The number of carbonyl (C=O) groups excluding carboxylic acids is 2. The van der Waals surface area contributed by atoms with E-state index in [4.69, 9.17) is 9.47 Å². The molecular formula is C11H18O4. The van der Waals surface area contributed by atoms with Crippen LogP contribution < -0.4 is 0 Å². The Morgan fingerprint density at radius 2 is 1.93 bits per heavy atom. The van der Waals surface area contributed by atoms with E-state index >= 15 is 0 Å². The third-order valence-corrected chi connectivity index (χ3v) is 2.59. The lowest BCUT2D eigenvalue weighted by atomic mass is 9.86. The van der Waals surface area contributed by atoms with Crippen molar-refractivity contribution in [3.05, 3.63) is 0 Å². The second-order valence-electron chi connectivity index (χ2n) is 4.77. The van der Waals surface area contributed by atoms with Crippen molar-refractivity contribution < 1.29 is 19.1 Å². The first-order chi connectivity index (χ1) is 6.72. The molecule has 1 rings (SSSR count). The van der Waals surface area contributed by atoms with E-state index < -0.39 is 23.1 Å². The Labute approximate surface area is 89.9 Å². The maximum atomic E-state index is 11.9. The Balaban J connectivity index is 2.97. The van der Waals surface area contributed by atoms with Crippen LogP contribution in [0.4, 0.5) is 0 Å². The first-order valence-corrected chi connectivity index (χ1v) is 5.13. The maximum Gasteiger partial charge on any atom is 0.319 e. The molecular weight excluding hydrogens is 196 g/mol. The second kappa shape index (κ2) is 3.59. The summed E-state index contributed by atoms with van der Waals surface area (Å²) in [6.45, 7) is 8.82. The van der Waals surface area contributed by atoms with Crippen molar-refractivity contribution in [2.45, 2.75) is 45.8 Å². The number of Topliss-reactive ketones (excluding diaryl/α,β-unsaturated/α-hetero) is 1. The quantitative estimate of drug-likeness (QED) is 0.514. The third kappa shape index (κ3) is 2.04. The molecule has 15 heavy (non-hydrogen) atoms. The summed E-state index contributed by atoms with van der Waals surface area (Å²) in [5.74, 6) is -1.50. The van der Waals surface area contributed by atoms with Crippen LogP contribution in [-0.2, 0) is 19.1 Å². The van der Waals surface area contributed by atoms with E-state index in [-0.39, 0.29) is 12.4 Å². The number of hydrogen-bond acceptors (Lipinski definition) is 4. The molecule has 1 fully saturated rings. The molecule has 1 atom stereocenters. The molecule has 0 aromatic rings. The summed E-state index contributed by atoms with van der Waals surface area (Å²) in [7, 11) is 0. The van der Waals surface area contributed by atoms with Crippen molar-refractivity contribution in [2.24, 2.45) is 5.92 Å². The predicted octanol–water partition coefficient (Wildman–Crippen LogP) is 1.32. The van der Waals surface area contributed by atoms with E-state index in [2.05, 4.69) is 0 Å². The largest absolute Gasteiger partial charge is 0.465 e. The van der Waals surface area contributed by atoms with Gasteiger partial charge in [0.05, 0.1) is 12.2 Å². The molecule has 4 heteroatoms. The molecule has 0 bridgehead atoms. The number of ketones is 1. The van der Waals surface area contributed by atoms with Crippen LogP contribution in [0.3, 0.4) is 0 Å². The lowest BCUT2D eigenvalue weighted by molar-refractivity contribution is -0.154. The van der Waals surface area contributed by atoms with Gasteiger partial charge in [-0.3, -0.25) is 9.59 Å². The van der Waals surface area contributed by atoms with Crippen LogP contribution in [-0.4, -0.2) is 29.6 Å². The Kier molecular flexibility index (Phi) is 2.92. The molecule has 1 saturated heterocycles. The molecule has 0 saturated carbocycles. The van der Waals surface area contributed by atoms with Crippen LogP contribution in [0.2, 0.25) is 0 Å². The average molecular weight is 214 g/mol. The Bertz CT molecular complexity index is 291. The molecule has 0 radical (unpaired) electrons. The summed E-state index contributed by atoms with van der Waals surface area (Å²) in [5.41, 5.74) is -1.69. The zero-order valence-corrected chi connectivity index (χ0v) is 9.92. The van der Waals surface area contributed by atoms with Gasteiger partial charge >= 0.3 is 5.97 Å². The molecule has 4 nitrogen and oxygen atoms in total. The number of esters is 1. The standard InChI is InChI=1S/C11H18O4/c1-6-14-9(13)7-8(12)11(4,5)15-10(7,2)3/h7H,6H2,1-5H3. The molecule has 1 heterocycles. The molecule has 0 aliphatic carbocycles. The lowest BCUT2D eigenvalue weighted by Gasteiger charge is -2.24. The number of carbonyl (C=O) groups is 2. The van der Waals surface area contributed by atoms with Crippen LogP contribution >= 0.6 is 0 Å². The molecule has 1 unspecified atom stereocenters. The fraction of sp³-hybridized carbons (Fsp3) is 0.818. The Hall–Kier alpha value is -0.900. The zero-order valence-electron chi connectivity index (χ0n) is 9.92. The molecule has 1 aliphatic heterocycles. The average Bonchev–Trinajstić information content (AvgIpc) is 2.16. The van der Waals surface area contributed by atoms with Crippen molar-refractivity contribution in [2.75, 3.05) is 6.61 Å². The fourth-order valence-electron chi connectivity index (χ4n) is 2.05. The van der Waals surface area contributed by atoms with Crippen LogP contribution in [0.1, 0.15) is 34.6 Å². The highest BCUT2D eigenvalue weighted by Crippen LogP contribution is 2.39. The summed E-state index contributed by atoms with van der Waals surface area (Å²) < 4.78 is 10.5.